The van der Waals surface area contributed by atoms with E-state index < -0.39 is 0 Å². The van der Waals surface area contributed by atoms with E-state index >= 15 is 0 Å². The highest BCUT2D eigenvalue weighted by atomic mass is 32.1. The van der Waals surface area contributed by atoms with Gasteiger partial charge in [0.05, 0.1) is 23.0 Å². The fraction of sp³-hybridized carbons (Fsp3) is 0.227. The highest BCUT2D eigenvalue weighted by molar-refractivity contribution is 7.20. The summed E-state index contributed by atoms with van der Waals surface area (Å²) in [6.45, 7) is 4.05. The van der Waals surface area contributed by atoms with Crippen molar-refractivity contribution in [3.63, 3.8) is 0 Å². The number of aryl methyl sites for hydroxylation is 2. The second-order valence-electron chi connectivity index (χ2n) is 7.27. The van der Waals surface area contributed by atoms with Crippen LogP contribution in [0.1, 0.15) is 34.7 Å². The molecule has 0 bridgehead atoms. The van der Waals surface area contributed by atoms with E-state index in [2.05, 4.69) is 24.4 Å². The Kier molecular flexibility index (Phi) is 4.13. The Hall–Kier alpha value is -3.19. The van der Waals surface area contributed by atoms with Gasteiger partial charge >= 0.3 is 0 Å². The standard InChI is InChI=1S/C22H20N4O2S/c1-12-8-9-16-18(10-12)29-22(23-16)26-21-20(13(2)25-26)15(11-19(27)24-21)14-6-4-5-7-17(14)28-3/h4-10,15H,11H2,1-3H3,(H,24,27)/t15-/m1/s1. The van der Waals surface area contributed by atoms with Crippen molar-refractivity contribution in [1.29, 1.82) is 0 Å². The number of anilines is 1. The Morgan fingerprint density at radius 3 is 2.86 bits per heavy atom. The lowest BCUT2D eigenvalue weighted by Crippen LogP contribution is -2.25. The number of thiazole rings is 1. The van der Waals surface area contributed by atoms with E-state index in [1.165, 1.54) is 5.56 Å². The molecular formula is C22H20N4O2S. The van der Waals surface area contributed by atoms with E-state index in [4.69, 9.17) is 14.8 Å². The number of amides is 1. The number of para-hydroxylation sites is 1. The molecule has 0 saturated carbocycles. The molecule has 0 radical (unpaired) electrons. The van der Waals surface area contributed by atoms with Gasteiger partial charge in [-0.25, -0.2) is 4.98 Å². The second-order valence-corrected chi connectivity index (χ2v) is 8.28. The molecule has 0 fully saturated rings. The molecule has 1 aliphatic heterocycles. The summed E-state index contributed by atoms with van der Waals surface area (Å²) >= 11 is 1.57. The van der Waals surface area contributed by atoms with Gasteiger partial charge in [0, 0.05) is 23.5 Å². The van der Waals surface area contributed by atoms with Crippen LogP contribution in [0.5, 0.6) is 5.75 Å². The van der Waals surface area contributed by atoms with Crippen molar-refractivity contribution in [2.24, 2.45) is 0 Å². The number of benzene rings is 2. The van der Waals surface area contributed by atoms with Crippen LogP contribution in [-0.4, -0.2) is 27.8 Å². The lowest BCUT2D eigenvalue weighted by Gasteiger charge is -2.25. The molecule has 0 unspecified atom stereocenters. The topological polar surface area (TPSA) is 69.0 Å². The third-order valence-electron chi connectivity index (χ3n) is 5.33. The van der Waals surface area contributed by atoms with Crippen LogP contribution in [0.2, 0.25) is 0 Å². The van der Waals surface area contributed by atoms with Crippen LogP contribution in [0, 0.1) is 13.8 Å². The average Bonchev–Trinajstić information content (AvgIpc) is 3.27. The van der Waals surface area contributed by atoms with Crippen LogP contribution in [0.15, 0.2) is 42.5 Å². The normalized spacial score (nSPS) is 16.0. The van der Waals surface area contributed by atoms with E-state index in [-0.39, 0.29) is 11.8 Å². The van der Waals surface area contributed by atoms with Crippen molar-refractivity contribution in [3.05, 3.63) is 64.8 Å². The Morgan fingerprint density at radius 1 is 1.21 bits per heavy atom. The van der Waals surface area contributed by atoms with Gasteiger partial charge in [0.1, 0.15) is 11.6 Å². The maximum atomic E-state index is 12.6. The predicted molar refractivity (Wildman–Crippen MR) is 114 cm³/mol. The van der Waals surface area contributed by atoms with E-state index in [1.54, 1.807) is 23.1 Å². The van der Waals surface area contributed by atoms with Gasteiger partial charge in [-0.3, -0.25) is 4.79 Å². The predicted octanol–water partition coefficient (Wildman–Crippen LogP) is 4.58. The Bertz CT molecular complexity index is 1260. The highest BCUT2D eigenvalue weighted by Gasteiger charge is 2.34. The van der Waals surface area contributed by atoms with E-state index in [9.17, 15) is 4.79 Å². The molecule has 1 atom stereocenters. The molecule has 4 aromatic rings. The number of carbonyl (C=O) groups is 1. The van der Waals surface area contributed by atoms with Crippen molar-refractivity contribution in [3.8, 4) is 10.9 Å². The first kappa shape index (κ1) is 17.9. The van der Waals surface area contributed by atoms with Crippen LogP contribution in [-0.2, 0) is 4.79 Å². The molecule has 2 aromatic heterocycles. The number of carbonyl (C=O) groups excluding carboxylic acids is 1. The Balaban J connectivity index is 1.69. The quantitative estimate of drug-likeness (QED) is 0.543. The van der Waals surface area contributed by atoms with Crippen LogP contribution < -0.4 is 10.1 Å². The summed E-state index contributed by atoms with van der Waals surface area (Å²) in [4.78, 5) is 17.4. The summed E-state index contributed by atoms with van der Waals surface area (Å²) in [5.74, 6) is 1.33. The molecule has 6 nitrogen and oxygen atoms in total. The van der Waals surface area contributed by atoms with Crippen molar-refractivity contribution >= 4 is 33.3 Å². The van der Waals surface area contributed by atoms with Crippen LogP contribution >= 0.6 is 11.3 Å². The van der Waals surface area contributed by atoms with Crippen LogP contribution in [0.25, 0.3) is 15.3 Å². The molecule has 1 N–H and O–H groups in total. The van der Waals surface area contributed by atoms with Gasteiger partial charge in [-0.15, -0.1) is 0 Å². The minimum absolute atomic E-state index is 0.0356. The number of ether oxygens (including phenoxy) is 1. The minimum atomic E-state index is -0.111. The zero-order valence-electron chi connectivity index (χ0n) is 16.4. The molecule has 1 aliphatic rings. The molecule has 5 rings (SSSR count). The first-order valence-electron chi connectivity index (χ1n) is 9.45. The lowest BCUT2D eigenvalue weighted by atomic mass is 9.85. The van der Waals surface area contributed by atoms with E-state index in [0.29, 0.717) is 12.2 Å². The van der Waals surface area contributed by atoms with Gasteiger partial charge in [0.2, 0.25) is 11.0 Å². The molecular weight excluding hydrogens is 384 g/mol. The van der Waals surface area contributed by atoms with Crippen LogP contribution in [0.4, 0.5) is 5.82 Å². The van der Waals surface area contributed by atoms with Gasteiger partial charge in [0.25, 0.3) is 0 Å². The summed E-state index contributed by atoms with van der Waals surface area (Å²) < 4.78 is 8.43. The molecule has 3 heterocycles. The molecule has 2 aromatic carbocycles. The zero-order chi connectivity index (χ0) is 20.1. The van der Waals surface area contributed by atoms with E-state index in [0.717, 1.165) is 37.9 Å². The maximum absolute atomic E-state index is 12.6. The number of fused-ring (bicyclic) bond motifs is 2. The monoisotopic (exact) mass is 404 g/mol. The maximum Gasteiger partial charge on any atom is 0.226 e. The highest BCUT2D eigenvalue weighted by Crippen LogP contribution is 2.43. The number of aromatic nitrogens is 3. The van der Waals surface area contributed by atoms with Crippen molar-refractivity contribution in [2.45, 2.75) is 26.2 Å². The summed E-state index contributed by atoms with van der Waals surface area (Å²) in [5.41, 5.74) is 5.02. The molecule has 1 amide bonds. The van der Waals surface area contributed by atoms with Crippen molar-refractivity contribution in [2.75, 3.05) is 12.4 Å². The van der Waals surface area contributed by atoms with Crippen LogP contribution in [0.3, 0.4) is 0 Å². The second kappa shape index (κ2) is 6.70. The smallest absolute Gasteiger partial charge is 0.226 e. The fourth-order valence-corrected chi connectivity index (χ4v) is 5.04. The number of rotatable bonds is 3. The summed E-state index contributed by atoms with van der Waals surface area (Å²) in [6.07, 6.45) is 0.360. The first-order chi connectivity index (χ1) is 14.0. The minimum Gasteiger partial charge on any atom is -0.496 e. The average molecular weight is 404 g/mol. The van der Waals surface area contributed by atoms with Gasteiger partial charge < -0.3 is 10.1 Å². The van der Waals surface area contributed by atoms with Gasteiger partial charge in [-0.2, -0.15) is 9.78 Å². The van der Waals surface area contributed by atoms with Gasteiger partial charge in [-0.1, -0.05) is 35.6 Å². The summed E-state index contributed by atoms with van der Waals surface area (Å²) in [5, 5.41) is 8.53. The largest absolute Gasteiger partial charge is 0.496 e. The number of nitrogens with zero attached hydrogens (tertiary/aromatic N) is 3. The zero-order valence-corrected chi connectivity index (χ0v) is 17.2. The van der Waals surface area contributed by atoms with Gasteiger partial charge in [0.15, 0.2) is 0 Å². The summed E-state index contributed by atoms with van der Waals surface area (Å²) in [7, 11) is 1.65. The number of hydrogen-bond donors (Lipinski definition) is 1. The molecule has 0 aliphatic carbocycles. The molecule has 0 saturated heterocycles. The molecule has 7 heteroatoms. The third kappa shape index (κ3) is 2.89. The summed E-state index contributed by atoms with van der Waals surface area (Å²) in [6, 6.07) is 14.0. The Morgan fingerprint density at radius 2 is 2.03 bits per heavy atom. The molecule has 29 heavy (non-hydrogen) atoms. The first-order valence-corrected chi connectivity index (χ1v) is 10.3. The number of hydrogen-bond acceptors (Lipinski definition) is 5. The van der Waals surface area contributed by atoms with Crippen molar-refractivity contribution < 1.29 is 9.53 Å². The lowest BCUT2D eigenvalue weighted by molar-refractivity contribution is -0.116. The number of nitrogens with one attached hydrogen (secondary N) is 1. The number of methoxy groups -OCH3 is 1. The van der Waals surface area contributed by atoms with Crippen molar-refractivity contribution in [1.82, 2.24) is 14.8 Å². The van der Waals surface area contributed by atoms with E-state index in [1.807, 2.05) is 37.3 Å². The fourth-order valence-electron chi connectivity index (χ4n) is 4.02. The molecule has 146 valence electrons. The third-order valence-corrected chi connectivity index (χ3v) is 6.32. The molecule has 0 spiro atoms. The van der Waals surface area contributed by atoms with Gasteiger partial charge in [-0.05, 0) is 37.6 Å². The SMILES string of the molecule is COc1ccccc1[C@H]1CC(=O)Nc2c1c(C)nn2-c1nc2ccc(C)cc2s1. The Labute approximate surface area is 172 Å².